The molecule has 0 aliphatic rings. The summed E-state index contributed by atoms with van der Waals surface area (Å²) in [6, 6.07) is 3.46. The minimum Gasteiger partial charge on any atom is -0.477 e. The molecule has 18 heavy (non-hydrogen) atoms. The molecule has 1 aromatic rings. The molecule has 0 unspecified atom stereocenters. The number of aromatic nitrogens is 1. The Bertz CT molecular complexity index is 380. The summed E-state index contributed by atoms with van der Waals surface area (Å²) in [5, 5.41) is 0. The lowest BCUT2D eigenvalue weighted by Crippen LogP contribution is -2.25. The normalized spacial score (nSPS) is 11.3. The maximum Gasteiger partial charge on any atom is 0.240 e. The van der Waals surface area contributed by atoms with Crippen LogP contribution in [0.3, 0.4) is 0 Å². The fourth-order valence-corrected chi connectivity index (χ4v) is 1.27. The molecule has 0 saturated carbocycles. The predicted octanol–water partition coefficient (Wildman–Crippen LogP) is 2.26. The van der Waals surface area contributed by atoms with E-state index in [4.69, 9.17) is 19.9 Å². The van der Waals surface area contributed by atoms with Gasteiger partial charge in [0, 0.05) is 19.6 Å². The van der Waals surface area contributed by atoms with Crippen molar-refractivity contribution < 1.29 is 14.2 Å². The molecule has 0 fully saturated rings. The number of nitrogen functional groups attached to an aromatic ring is 1. The van der Waals surface area contributed by atoms with Gasteiger partial charge in [-0.05, 0) is 26.8 Å². The average Bonchev–Trinajstić information content (AvgIpc) is 2.33. The lowest BCUT2D eigenvalue weighted by Gasteiger charge is -2.22. The second-order valence-corrected chi connectivity index (χ2v) is 4.54. The summed E-state index contributed by atoms with van der Waals surface area (Å²) in [6.07, 6.45) is 0.777. The zero-order valence-electron chi connectivity index (χ0n) is 11.5. The SMILES string of the molecule is CCOc1nc(OCCC(C)(C)OC)ccc1N. The molecule has 0 bridgehead atoms. The summed E-state index contributed by atoms with van der Waals surface area (Å²) >= 11 is 0. The molecule has 0 atom stereocenters. The van der Waals surface area contributed by atoms with Gasteiger partial charge in [-0.2, -0.15) is 4.98 Å². The number of methoxy groups -OCH3 is 1. The first kappa shape index (κ1) is 14.6. The molecule has 1 aromatic heterocycles. The van der Waals surface area contributed by atoms with E-state index in [-0.39, 0.29) is 5.60 Å². The third-order valence-electron chi connectivity index (χ3n) is 2.65. The van der Waals surface area contributed by atoms with Gasteiger partial charge in [0.05, 0.1) is 24.5 Å². The number of pyridine rings is 1. The van der Waals surface area contributed by atoms with Crippen LogP contribution < -0.4 is 15.2 Å². The molecule has 1 rings (SSSR count). The molecule has 102 valence electrons. The van der Waals surface area contributed by atoms with Crippen molar-refractivity contribution in [2.75, 3.05) is 26.1 Å². The Kier molecular flexibility index (Phi) is 5.22. The highest BCUT2D eigenvalue weighted by molar-refractivity contribution is 5.49. The molecule has 0 aliphatic carbocycles. The number of ether oxygens (including phenoxy) is 3. The van der Waals surface area contributed by atoms with Gasteiger partial charge in [0.15, 0.2) is 0 Å². The monoisotopic (exact) mass is 254 g/mol. The second kappa shape index (κ2) is 6.44. The Labute approximate surface area is 108 Å². The van der Waals surface area contributed by atoms with Crippen LogP contribution >= 0.6 is 0 Å². The quantitative estimate of drug-likeness (QED) is 0.808. The van der Waals surface area contributed by atoms with E-state index >= 15 is 0 Å². The lowest BCUT2D eigenvalue weighted by atomic mass is 10.1. The van der Waals surface area contributed by atoms with Gasteiger partial charge in [-0.25, -0.2) is 0 Å². The average molecular weight is 254 g/mol. The van der Waals surface area contributed by atoms with Crippen molar-refractivity contribution in [3.8, 4) is 11.8 Å². The highest BCUT2D eigenvalue weighted by Gasteiger charge is 2.16. The number of hydrogen-bond donors (Lipinski definition) is 1. The van der Waals surface area contributed by atoms with Gasteiger partial charge in [0.1, 0.15) is 0 Å². The first-order chi connectivity index (χ1) is 8.48. The number of nitrogens with two attached hydrogens (primary N) is 1. The highest BCUT2D eigenvalue weighted by atomic mass is 16.5. The van der Waals surface area contributed by atoms with Gasteiger partial charge in [0.2, 0.25) is 11.8 Å². The summed E-state index contributed by atoms with van der Waals surface area (Å²) in [4.78, 5) is 4.20. The van der Waals surface area contributed by atoms with E-state index in [1.165, 1.54) is 0 Å². The van der Waals surface area contributed by atoms with Crippen LogP contribution in [-0.2, 0) is 4.74 Å². The summed E-state index contributed by atoms with van der Waals surface area (Å²) in [6.45, 7) is 6.97. The third kappa shape index (κ3) is 4.41. The van der Waals surface area contributed by atoms with E-state index in [1.54, 1.807) is 19.2 Å². The van der Waals surface area contributed by atoms with Gasteiger partial charge in [-0.1, -0.05) is 0 Å². The first-order valence-electron chi connectivity index (χ1n) is 6.06. The Morgan fingerprint density at radius 1 is 1.28 bits per heavy atom. The predicted molar refractivity (Wildman–Crippen MR) is 71.0 cm³/mol. The molecule has 0 saturated heterocycles. The zero-order valence-corrected chi connectivity index (χ0v) is 11.5. The fourth-order valence-electron chi connectivity index (χ4n) is 1.27. The molecule has 0 spiro atoms. The molecule has 0 aliphatic heterocycles. The largest absolute Gasteiger partial charge is 0.477 e. The zero-order chi connectivity index (χ0) is 13.6. The van der Waals surface area contributed by atoms with Crippen molar-refractivity contribution in [1.29, 1.82) is 0 Å². The van der Waals surface area contributed by atoms with Crippen LogP contribution in [0.2, 0.25) is 0 Å². The van der Waals surface area contributed by atoms with E-state index in [2.05, 4.69) is 4.98 Å². The Balaban J connectivity index is 2.55. The van der Waals surface area contributed by atoms with Crippen molar-refractivity contribution in [1.82, 2.24) is 4.98 Å². The van der Waals surface area contributed by atoms with E-state index in [1.807, 2.05) is 20.8 Å². The fraction of sp³-hybridized carbons (Fsp3) is 0.615. The van der Waals surface area contributed by atoms with Crippen molar-refractivity contribution in [2.24, 2.45) is 0 Å². The lowest BCUT2D eigenvalue weighted by molar-refractivity contribution is 0.00505. The van der Waals surface area contributed by atoms with Crippen LogP contribution in [0.5, 0.6) is 11.8 Å². The molecule has 0 amide bonds. The molecular weight excluding hydrogens is 232 g/mol. The van der Waals surface area contributed by atoms with Crippen LogP contribution in [-0.4, -0.2) is 30.9 Å². The number of anilines is 1. The maximum absolute atomic E-state index is 5.73. The highest BCUT2D eigenvalue weighted by Crippen LogP contribution is 2.22. The van der Waals surface area contributed by atoms with Gasteiger partial charge in [-0.15, -0.1) is 0 Å². The minimum absolute atomic E-state index is 0.198. The molecule has 5 nitrogen and oxygen atoms in total. The van der Waals surface area contributed by atoms with E-state index in [9.17, 15) is 0 Å². The standard InChI is InChI=1S/C13H22N2O3/c1-5-17-12-10(14)6-7-11(15-12)18-9-8-13(2,3)16-4/h6-7H,5,8-9,14H2,1-4H3. The topological polar surface area (TPSA) is 66.6 Å². The molecular formula is C13H22N2O3. The molecule has 2 N–H and O–H groups in total. The Morgan fingerprint density at radius 3 is 2.61 bits per heavy atom. The van der Waals surface area contributed by atoms with Crippen LogP contribution in [0.1, 0.15) is 27.2 Å². The maximum atomic E-state index is 5.73. The van der Waals surface area contributed by atoms with Gasteiger partial charge in [-0.3, -0.25) is 0 Å². The van der Waals surface area contributed by atoms with Crippen LogP contribution in [0.4, 0.5) is 5.69 Å². The van der Waals surface area contributed by atoms with Crippen molar-refractivity contribution >= 4 is 5.69 Å². The summed E-state index contributed by atoms with van der Waals surface area (Å²) in [5.74, 6) is 0.931. The van der Waals surface area contributed by atoms with Crippen molar-refractivity contribution in [2.45, 2.75) is 32.8 Å². The third-order valence-corrected chi connectivity index (χ3v) is 2.65. The Hall–Kier alpha value is -1.49. The van der Waals surface area contributed by atoms with Crippen molar-refractivity contribution in [3.05, 3.63) is 12.1 Å². The number of hydrogen-bond acceptors (Lipinski definition) is 5. The van der Waals surface area contributed by atoms with Gasteiger partial charge in [0.25, 0.3) is 0 Å². The summed E-state index contributed by atoms with van der Waals surface area (Å²) in [7, 11) is 1.69. The Morgan fingerprint density at radius 2 is 2.00 bits per heavy atom. The summed E-state index contributed by atoms with van der Waals surface area (Å²) in [5.41, 5.74) is 6.05. The molecule has 0 aromatic carbocycles. The van der Waals surface area contributed by atoms with Gasteiger partial charge >= 0.3 is 0 Å². The second-order valence-electron chi connectivity index (χ2n) is 4.54. The van der Waals surface area contributed by atoms with Crippen LogP contribution in [0, 0.1) is 0 Å². The molecule has 1 heterocycles. The first-order valence-corrected chi connectivity index (χ1v) is 6.06. The smallest absolute Gasteiger partial charge is 0.240 e. The van der Waals surface area contributed by atoms with E-state index < -0.39 is 0 Å². The molecule has 0 radical (unpaired) electrons. The van der Waals surface area contributed by atoms with Gasteiger partial charge < -0.3 is 19.9 Å². The van der Waals surface area contributed by atoms with E-state index in [0.29, 0.717) is 30.7 Å². The number of rotatable bonds is 7. The summed E-state index contributed by atoms with van der Waals surface area (Å²) < 4.78 is 16.2. The van der Waals surface area contributed by atoms with Crippen LogP contribution in [0.25, 0.3) is 0 Å². The molecule has 5 heteroatoms. The van der Waals surface area contributed by atoms with E-state index in [0.717, 1.165) is 6.42 Å². The van der Waals surface area contributed by atoms with Crippen LogP contribution in [0.15, 0.2) is 12.1 Å². The number of nitrogens with zero attached hydrogens (tertiary/aromatic N) is 1. The minimum atomic E-state index is -0.198. The van der Waals surface area contributed by atoms with Crippen molar-refractivity contribution in [3.63, 3.8) is 0 Å².